The molecule has 108 valence electrons. The number of rotatable bonds is 3. The van der Waals surface area contributed by atoms with Crippen LogP contribution in [0.1, 0.15) is 0 Å². The van der Waals surface area contributed by atoms with E-state index in [-0.39, 0.29) is 5.69 Å². The largest absolute Gasteiger partial charge is 0.495 e. The predicted molar refractivity (Wildman–Crippen MR) is 78.3 cm³/mol. The molecule has 1 aliphatic rings. The molecule has 1 saturated heterocycles. The van der Waals surface area contributed by atoms with Gasteiger partial charge in [-0.25, -0.2) is 0 Å². The summed E-state index contributed by atoms with van der Waals surface area (Å²) < 4.78 is 10.4. The third-order valence-corrected chi connectivity index (χ3v) is 3.29. The van der Waals surface area contributed by atoms with E-state index in [4.69, 9.17) is 21.7 Å². The summed E-state index contributed by atoms with van der Waals surface area (Å²) in [4.78, 5) is 12.3. The SMILES string of the molecule is COc1ccc([N+](=O)[O-])cc1NC(=S)N1CCOCC1. The first-order valence-corrected chi connectivity index (χ1v) is 6.48. The average molecular weight is 297 g/mol. The molecule has 1 aliphatic heterocycles. The smallest absolute Gasteiger partial charge is 0.271 e. The Morgan fingerprint density at radius 2 is 2.20 bits per heavy atom. The summed E-state index contributed by atoms with van der Waals surface area (Å²) in [5, 5.41) is 14.3. The third kappa shape index (κ3) is 3.34. The Kier molecular flexibility index (Phi) is 4.70. The van der Waals surface area contributed by atoms with Gasteiger partial charge < -0.3 is 19.7 Å². The number of non-ortho nitro benzene ring substituents is 1. The predicted octanol–water partition coefficient (Wildman–Crippen LogP) is 1.63. The molecule has 0 radical (unpaired) electrons. The van der Waals surface area contributed by atoms with Crippen LogP contribution in [0.25, 0.3) is 0 Å². The number of nitrogens with one attached hydrogen (secondary N) is 1. The Morgan fingerprint density at radius 1 is 1.50 bits per heavy atom. The highest BCUT2D eigenvalue weighted by Crippen LogP contribution is 2.29. The lowest BCUT2D eigenvalue weighted by atomic mass is 10.2. The van der Waals surface area contributed by atoms with E-state index in [0.29, 0.717) is 42.9 Å². The molecule has 1 fully saturated rings. The molecule has 0 saturated carbocycles. The minimum atomic E-state index is -0.456. The summed E-state index contributed by atoms with van der Waals surface area (Å²) in [5.41, 5.74) is 0.469. The zero-order valence-electron chi connectivity index (χ0n) is 11.0. The molecule has 2 rings (SSSR count). The fraction of sp³-hybridized carbons (Fsp3) is 0.417. The summed E-state index contributed by atoms with van der Waals surface area (Å²) in [6.45, 7) is 2.63. The number of anilines is 1. The van der Waals surface area contributed by atoms with Crippen LogP contribution < -0.4 is 10.1 Å². The zero-order chi connectivity index (χ0) is 14.5. The number of thiocarbonyl (C=S) groups is 1. The Morgan fingerprint density at radius 3 is 2.80 bits per heavy atom. The average Bonchev–Trinajstić information content (AvgIpc) is 2.48. The fourth-order valence-corrected chi connectivity index (χ4v) is 2.16. The maximum absolute atomic E-state index is 10.8. The number of nitro groups is 1. The van der Waals surface area contributed by atoms with Crippen molar-refractivity contribution in [3.8, 4) is 5.75 Å². The van der Waals surface area contributed by atoms with Gasteiger partial charge in [0.1, 0.15) is 5.75 Å². The van der Waals surface area contributed by atoms with Crippen molar-refractivity contribution in [2.45, 2.75) is 0 Å². The third-order valence-electron chi connectivity index (χ3n) is 2.93. The normalized spacial score (nSPS) is 14.8. The van der Waals surface area contributed by atoms with Crippen molar-refractivity contribution in [2.24, 2.45) is 0 Å². The van der Waals surface area contributed by atoms with E-state index in [0.717, 1.165) is 0 Å². The van der Waals surface area contributed by atoms with Crippen LogP contribution in [0.15, 0.2) is 18.2 Å². The lowest BCUT2D eigenvalue weighted by molar-refractivity contribution is -0.384. The van der Waals surface area contributed by atoms with Gasteiger partial charge >= 0.3 is 0 Å². The lowest BCUT2D eigenvalue weighted by Crippen LogP contribution is -2.42. The van der Waals surface area contributed by atoms with Crippen molar-refractivity contribution in [3.63, 3.8) is 0 Å². The van der Waals surface area contributed by atoms with Crippen LogP contribution in [-0.4, -0.2) is 48.3 Å². The molecule has 20 heavy (non-hydrogen) atoms. The van der Waals surface area contributed by atoms with Crippen LogP contribution in [0.2, 0.25) is 0 Å². The van der Waals surface area contributed by atoms with Crippen LogP contribution in [0, 0.1) is 10.1 Å². The number of methoxy groups -OCH3 is 1. The van der Waals surface area contributed by atoms with E-state index >= 15 is 0 Å². The van der Waals surface area contributed by atoms with Crippen molar-refractivity contribution in [1.82, 2.24) is 4.90 Å². The molecule has 0 atom stereocenters. The standard InChI is InChI=1S/C12H15N3O4S/c1-18-11-3-2-9(15(16)17)8-10(11)13-12(20)14-4-6-19-7-5-14/h2-3,8H,4-7H2,1H3,(H,13,20). The lowest BCUT2D eigenvalue weighted by Gasteiger charge is -2.29. The summed E-state index contributed by atoms with van der Waals surface area (Å²) in [6.07, 6.45) is 0. The van der Waals surface area contributed by atoms with Crippen molar-refractivity contribution >= 4 is 28.7 Å². The Labute approximate surface area is 121 Å². The van der Waals surface area contributed by atoms with E-state index in [1.165, 1.54) is 19.2 Å². The second kappa shape index (κ2) is 6.49. The van der Waals surface area contributed by atoms with Gasteiger partial charge in [0, 0.05) is 25.2 Å². The highest BCUT2D eigenvalue weighted by molar-refractivity contribution is 7.80. The molecule has 8 heteroatoms. The van der Waals surface area contributed by atoms with Gasteiger partial charge in [0.05, 0.1) is 30.9 Å². The highest BCUT2D eigenvalue weighted by Gasteiger charge is 2.17. The summed E-state index contributed by atoms with van der Waals surface area (Å²) in [7, 11) is 1.50. The first-order chi connectivity index (χ1) is 9.61. The zero-order valence-corrected chi connectivity index (χ0v) is 11.8. The highest BCUT2D eigenvalue weighted by atomic mass is 32.1. The van der Waals surface area contributed by atoms with Crippen molar-refractivity contribution in [2.75, 3.05) is 38.7 Å². The minimum absolute atomic E-state index is 0.0157. The van der Waals surface area contributed by atoms with Crippen LogP contribution in [0.4, 0.5) is 11.4 Å². The molecule has 1 N–H and O–H groups in total. The van der Waals surface area contributed by atoms with Gasteiger partial charge in [0.25, 0.3) is 5.69 Å². The molecule has 0 bridgehead atoms. The number of hydrogen-bond acceptors (Lipinski definition) is 5. The Hall–Kier alpha value is -1.93. The molecule has 0 amide bonds. The monoisotopic (exact) mass is 297 g/mol. The van der Waals surface area contributed by atoms with E-state index in [1.807, 2.05) is 4.90 Å². The van der Waals surface area contributed by atoms with Crippen molar-refractivity contribution in [3.05, 3.63) is 28.3 Å². The Balaban J connectivity index is 2.15. The van der Waals surface area contributed by atoms with Gasteiger partial charge in [-0.3, -0.25) is 10.1 Å². The first-order valence-electron chi connectivity index (χ1n) is 6.08. The topological polar surface area (TPSA) is 76.9 Å². The molecule has 1 aromatic carbocycles. The van der Waals surface area contributed by atoms with Gasteiger partial charge in [-0.1, -0.05) is 0 Å². The molecule has 0 unspecified atom stereocenters. The molecule has 0 spiro atoms. The quantitative estimate of drug-likeness (QED) is 0.516. The first kappa shape index (κ1) is 14.5. The van der Waals surface area contributed by atoms with Crippen molar-refractivity contribution in [1.29, 1.82) is 0 Å². The maximum atomic E-state index is 10.8. The van der Waals surface area contributed by atoms with E-state index in [1.54, 1.807) is 6.07 Å². The van der Waals surface area contributed by atoms with Gasteiger partial charge in [0.2, 0.25) is 0 Å². The molecule has 7 nitrogen and oxygen atoms in total. The summed E-state index contributed by atoms with van der Waals surface area (Å²) in [6, 6.07) is 4.34. The molecule has 1 heterocycles. The summed E-state index contributed by atoms with van der Waals surface area (Å²) >= 11 is 5.31. The van der Waals surface area contributed by atoms with E-state index in [9.17, 15) is 10.1 Å². The molecule has 0 aromatic heterocycles. The summed E-state index contributed by atoms with van der Waals surface area (Å²) in [5.74, 6) is 0.506. The number of benzene rings is 1. The van der Waals surface area contributed by atoms with Gasteiger partial charge in [-0.2, -0.15) is 0 Å². The number of hydrogen-bond donors (Lipinski definition) is 1. The maximum Gasteiger partial charge on any atom is 0.271 e. The Bertz CT molecular complexity index is 517. The van der Waals surface area contributed by atoms with E-state index in [2.05, 4.69) is 5.32 Å². The van der Waals surface area contributed by atoms with Gasteiger partial charge in [0.15, 0.2) is 5.11 Å². The minimum Gasteiger partial charge on any atom is -0.495 e. The van der Waals surface area contributed by atoms with Gasteiger partial charge in [-0.15, -0.1) is 0 Å². The number of nitrogens with zero attached hydrogens (tertiary/aromatic N) is 2. The number of nitro benzene ring substituents is 1. The number of morpholine rings is 1. The van der Waals surface area contributed by atoms with E-state index < -0.39 is 4.92 Å². The molecule has 1 aromatic rings. The molecular formula is C12H15N3O4S. The van der Waals surface area contributed by atoms with Crippen LogP contribution in [-0.2, 0) is 4.74 Å². The molecular weight excluding hydrogens is 282 g/mol. The van der Waals surface area contributed by atoms with Crippen molar-refractivity contribution < 1.29 is 14.4 Å². The van der Waals surface area contributed by atoms with Crippen LogP contribution in [0.5, 0.6) is 5.75 Å². The van der Waals surface area contributed by atoms with Crippen LogP contribution >= 0.6 is 12.2 Å². The molecule has 0 aliphatic carbocycles. The van der Waals surface area contributed by atoms with Gasteiger partial charge in [-0.05, 0) is 18.3 Å². The number of ether oxygens (including phenoxy) is 2. The fourth-order valence-electron chi connectivity index (χ4n) is 1.87. The van der Waals surface area contributed by atoms with Crippen LogP contribution in [0.3, 0.4) is 0 Å². The second-order valence-electron chi connectivity index (χ2n) is 4.17. The second-order valence-corrected chi connectivity index (χ2v) is 4.56.